The largest absolute Gasteiger partial charge is 0.381 e. The van der Waals surface area contributed by atoms with E-state index in [-0.39, 0.29) is 11.3 Å². The zero-order chi connectivity index (χ0) is 21.0. The summed E-state index contributed by atoms with van der Waals surface area (Å²) in [6.45, 7) is 3.18. The van der Waals surface area contributed by atoms with Crippen molar-refractivity contribution in [2.75, 3.05) is 33.0 Å². The maximum atomic E-state index is 13.6. The number of ether oxygens (including phenoxy) is 2. The number of amides is 1. The molecule has 0 atom stereocenters. The Hall–Kier alpha value is -1.40. The molecule has 2 aliphatic heterocycles. The summed E-state index contributed by atoms with van der Waals surface area (Å²) >= 11 is 9.61. The minimum Gasteiger partial charge on any atom is -0.381 e. The fraction of sp³-hybridized carbons (Fsp3) is 0.458. The Balaban J connectivity index is 1.58. The van der Waals surface area contributed by atoms with Gasteiger partial charge in [0.1, 0.15) is 0 Å². The fourth-order valence-corrected chi connectivity index (χ4v) is 5.08. The molecule has 1 N–H and O–H groups in total. The SMILES string of the molecule is O=C(NCC1(c2ccc(Cl)cc2)CCOCC1)C1(c2ccc(Br)cc2)CCOCC1. The Morgan fingerprint density at radius 2 is 1.40 bits per heavy atom. The van der Waals surface area contributed by atoms with E-state index >= 15 is 0 Å². The van der Waals surface area contributed by atoms with Gasteiger partial charge in [-0.25, -0.2) is 0 Å². The molecule has 2 aromatic carbocycles. The van der Waals surface area contributed by atoms with Crippen LogP contribution in [0.2, 0.25) is 5.02 Å². The van der Waals surface area contributed by atoms with Gasteiger partial charge in [0, 0.05) is 47.9 Å². The Morgan fingerprint density at radius 1 is 0.867 bits per heavy atom. The molecule has 0 spiro atoms. The maximum absolute atomic E-state index is 13.6. The number of hydrogen-bond acceptors (Lipinski definition) is 3. The molecule has 4 rings (SSSR count). The summed E-state index contributed by atoms with van der Waals surface area (Å²) in [6, 6.07) is 16.1. The van der Waals surface area contributed by atoms with E-state index in [1.807, 2.05) is 24.3 Å². The number of benzene rings is 2. The predicted octanol–water partition coefficient (Wildman–Crippen LogP) is 5.02. The summed E-state index contributed by atoms with van der Waals surface area (Å²) < 4.78 is 12.2. The molecule has 0 bridgehead atoms. The number of carbonyl (C=O) groups is 1. The molecule has 2 aromatic rings. The first-order chi connectivity index (χ1) is 14.5. The highest BCUT2D eigenvalue weighted by Crippen LogP contribution is 2.38. The van der Waals surface area contributed by atoms with E-state index < -0.39 is 5.41 Å². The fourth-order valence-electron chi connectivity index (χ4n) is 4.69. The first kappa shape index (κ1) is 21.8. The van der Waals surface area contributed by atoms with Crippen LogP contribution in [-0.2, 0) is 25.1 Å². The molecule has 0 saturated carbocycles. The van der Waals surface area contributed by atoms with Crippen molar-refractivity contribution in [1.29, 1.82) is 0 Å². The minimum absolute atomic E-state index is 0.0907. The van der Waals surface area contributed by atoms with Crippen molar-refractivity contribution in [2.45, 2.75) is 36.5 Å². The summed E-state index contributed by atoms with van der Waals surface area (Å²) in [7, 11) is 0. The van der Waals surface area contributed by atoms with Crippen molar-refractivity contribution >= 4 is 33.4 Å². The van der Waals surface area contributed by atoms with Gasteiger partial charge >= 0.3 is 0 Å². The van der Waals surface area contributed by atoms with Gasteiger partial charge in [-0.2, -0.15) is 0 Å². The molecule has 2 saturated heterocycles. The molecule has 160 valence electrons. The molecule has 2 aliphatic rings. The van der Waals surface area contributed by atoms with E-state index in [4.69, 9.17) is 21.1 Å². The second-order valence-corrected chi connectivity index (χ2v) is 9.64. The van der Waals surface area contributed by atoms with E-state index in [9.17, 15) is 4.79 Å². The zero-order valence-electron chi connectivity index (χ0n) is 17.0. The van der Waals surface area contributed by atoms with Crippen LogP contribution in [0.3, 0.4) is 0 Å². The summed E-state index contributed by atoms with van der Waals surface area (Å²) in [5, 5.41) is 4.06. The van der Waals surface area contributed by atoms with Gasteiger partial charge < -0.3 is 14.8 Å². The topological polar surface area (TPSA) is 47.6 Å². The Morgan fingerprint density at radius 3 is 2.00 bits per heavy atom. The van der Waals surface area contributed by atoms with Crippen molar-refractivity contribution in [3.8, 4) is 0 Å². The number of halogens is 2. The van der Waals surface area contributed by atoms with E-state index in [0.29, 0.717) is 45.8 Å². The number of rotatable bonds is 5. The first-order valence-corrected chi connectivity index (χ1v) is 11.7. The molecule has 4 nitrogen and oxygen atoms in total. The van der Waals surface area contributed by atoms with E-state index in [1.165, 1.54) is 5.56 Å². The van der Waals surface area contributed by atoms with Gasteiger partial charge in [0.15, 0.2) is 0 Å². The van der Waals surface area contributed by atoms with Gasteiger partial charge in [0.25, 0.3) is 0 Å². The maximum Gasteiger partial charge on any atom is 0.230 e. The Kier molecular flexibility index (Phi) is 6.83. The summed E-state index contributed by atoms with van der Waals surface area (Å²) in [4.78, 5) is 13.6. The molecule has 2 fully saturated rings. The highest BCUT2D eigenvalue weighted by molar-refractivity contribution is 9.10. The monoisotopic (exact) mass is 491 g/mol. The average molecular weight is 493 g/mol. The van der Waals surface area contributed by atoms with E-state index in [1.54, 1.807) is 0 Å². The van der Waals surface area contributed by atoms with Crippen LogP contribution in [0, 0.1) is 0 Å². The second kappa shape index (κ2) is 9.39. The van der Waals surface area contributed by atoms with Gasteiger partial charge in [-0.3, -0.25) is 4.79 Å². The lowest BCUT2D eigenvalue weighted by Crippen LogP contribution is -2.52. The zero-order valence-corrected chi connectivity index (χ0v) is 19.3. The molecular weight excluding hydrogens is 466 g/mol. The van der Waals surface area contributed by atoms with Crippen LogP contribution in [-0.4, -0.2) is 38.9 Å². The molecule has 2 heterocycles. The summed E-state index contributed by atoms with van der Waals surface area (Å²) in [5.41, 5.74) is 1.58. The van der Waals surface area contributed by atoms with Gasteiger partial charge in [0.2, 0.25) is 5.91 Å². The third kappa shape index (κ3) is 4.45. The second-order valence-electron chi connectivity index (χ2n) is 8.28. The van der Waals surface area contributed by atoms with Gasteiger partial charge in [0.05, 0.1) is 5.41 Å². The number of hydrogen-bond donors (Lipinski definition) is 1. The van der Waals surface area contributed by atoms with E-state index in [2.05, 4.69) is 45.5 Å². The third-order valence-corrected chi connectivity index (χ3v) is 7.45. The van der Waals surface area contributed by atoms with Crippen molar-refractivity contribution in [1.82, 2.24) is 5.32 Å². The lowest BCUT2D eigenvalue weighted by Gasteiger charge is -2.41. The minimum atomic E-state index is -0.550. The van der Waals surface area contributed by atoms with Crippen molar-refractivity contribution < 1.29 is 14.3 Å². The normalized spacial score (nSPS) is 20.5. The third-order valence-electron chi connectivity index (χ3n) is 6.67. The number of nitrogens with one attached hydrogen (secondary N) is 1. The van der Waals surface area contributed by atoms with Crippen LogP contribution >= 0.6 is 27.5 Å². The summed E-state index contributed by atoms with van der Waals surface area (Å²) in [6.07, 6.45) is 3.14. The molecule has 0 radical (unpaired) electrons. The number of carbonyl (C=O) groups excluding carboxylic acids is 1. The first-order valence-electron chi connectivity index (χ1n) is 10.5. The van der Waals surface area contributed by atoms with Crippen LogP contribution < -0.4 is 5.32 Å². The van der Waals surface area contributed by atoms with Gasteiger partial charge in [-0.05, 0) is 61.1 Å². The van der Waals surface area contributed by atoms with Crippen LogP contribution in [0.4, 0.5) is 0 Å². The highest BCUT2D eigenvalue weighted by atomic mass is 79.9. The molecule has 30 heavy (non-hydrogen) atoms. The van der Waals surface area contributed by atoms with Gasteiger partial charge in [-0.15, -0.1) is 0 Å². The highest BCUT2D eigenvalue weighted by Gasteiger charge is 2.43. The average Bonchev–Trinajstić information content (AvgIpc) is 2.79. The van der Waals surface area contributed by atoms with Crippen LogP contribution in [0.1, 0.15) is 36.8 Å². The molecule has 1 amide bonds. The molecular formula is C24H27BrClNO3. The lowest BCUT2D eigenvalue weighted by molar-refractivity contribution is -0.131. The Labute approximate surface area is 191 Å². The lowest BCUT2D eigenvalue weighted by atomic mass is 9.71. The van der Waals surface area contributed by atoms with Crippen LogP contribution in [0.25, 0.3) is 0 Å². The predicted molar refractivity (Wildman–Crippen MR) is 122 cm³/mol. The van der Waals surface area contributed by atoms with Crippen molar-refractivity contribution in [3.63, 3.8) is 0 Å². The van der Waals surface area contributed by atoms with E-state index in [0.717, 1.165) is 27.9 Å². The Bertz CT molecular complexity index is 857. The molecule has 6 heteroatoms. The van der Waals surface area contributed by atoms with Gasteiger partial charge in [-0.1, -0.05) is 51.8 Å². The van der Waals surface area contributed by atoms with Crippen LogP contribution in [0.5, 0.6) is 0 Å². The molecule has 0 aromatic heterocycles. The summed E-state index contributed by atoms with van der Waals surface area (Å²) in [5.74, 6) is 0.0907. The standard InChI is InChI=1S/C24H27BrClNO3/c25-20-5-1-19(2-6-20)24(11-15-30-16-12-24)22(28)27-17-23(9-13-29-14-10-23)18-3-7-21(26)8-4-18/h1-8H,9-17H2,(H,27,28). The molecule has 0 unspecified atom stereocenters. The quantitative estimate of drug-likeness (QED) is 0.638. The molecule has 0 aliphatic carbocycles. The van der Waals surface area contributed by atoms with Crippen molar-refractivity contribution in [2.24, 2.45) is 0 Å². The smallest absolute Gasteiger partial charge is 0.230 e. The van der Waals surface area contributed by atoms with Crippen LogP contribution in [0.15, 0.2) is 53.0 Å². The van der Waals surface area contributed by atoms with Crippen molar-refractivity contribution in [3.05, 3.63) is 69.2 Å².